The molecule has 3 aromatic rings. The van der Waals surface area contributed by atoms with Crippen LogP contribution >= 0.6 is 0 Å². The van der Waals surface area contributed by atoms with Crippen LogP contribution in [0.5, 0.6) is 0 Å². The van der Waals surface area contributed by atoms with Gasteiger partial charge in [0.25, 0.3) is 5.91 Å². The second-order valence-electron chi connectivity index (χ2n) is 7.13. The van der Waals surface area contributed by atoms with E-state index in [9.17, 15) is 4.79 Å². The third kappa shape index (κ3) is 4.28. The Labute approximate surface area is 158 Å². The summed E-state index contributed by atoms with van der Waals surface area (Å²) in [4.78, 5) is 14.8. The van der Waals surface area contributed by atoms with Crippen molar-refractivity contribution in [2.75, 3.05) is 13.1 Å². The summed E-state index contributed by atoms with van der Waals surface area (Å²) in [5.41, 5.74) is 3.15. The van der Waals surface area contributed by atoms with Crippen molar-refractivity contribution < 1.29 is 9.21 Å². The first-order chi connectivity index (χ1) is 13.2. The number of nitrogens with one attached hydrogen (secondary N) is 1. The largest absolute Gasteiger partial charge is 0.467 e. The predicted octanol–water partition coefficient (Wildman–Crippen LogP) is 2.93. The highest BCUT2D eigenvalue weighted by atomic mass is 16.3. The number of aryl methyl sites for hydroxylation is 1. The van der Waals surface area contributed by atoms with Crippen molar-refractivity contribution in [2.24, 2.45) is 7.05 Å². The zero-order valence-corrected chi connectivity index (χ0v) is 15.5. The van der Waals surface area contributed by atoms with Crippen molar-refractivity contribution >= 4 is 5.91 Å². The molecule has 0 bridgehead atoms. The van der Waals surface area contributed by atoms with Crippen molar-refractivity contribution in [1.82, 2.24) is 20.0 Å². The molecule has 0 aliphatic carbocycles. The molecule has 1 atom stereocenters. The normalized spacial score (nSPS) is 17.3. The number of carbonyl (C=O) groups is 1. The van der Waals surface area contributed by atoms with E-state index in [1.807, 2.05) is 48.3 Å². The molecule has 1 amide bonds. The summed E-state index contributed by atoms with van der Waals surface area (Å²) < 4.78 is 7.12. The van der Waals surface area contributed by atoms with Crippen molar-refractivity contribution in [2.45, 2.75) is 25.4 Å². The van der Waals surface area contributed by atoms with Crippen LogP contribution in [0.3, 0.4) is 0 Å². The first-order valence-electron chi connectivity index (χ1n) is 9.28. The molecule has 1 saturated heterocycles. The Balaban J connectivity index is 1.34. The summed E-state index contributed by atoms with van der Waals surface area (Å²) in [6, 6.07) is 11.5. The minimum absolute atomic E-state index is 0.0806. The maximum atomic E-state index is 12.4. The Morgan fingerprint density at radius 2 is 2.26 bits per heavy atom. The smallest absolute Gasteiger partial charge is 0.251 e. The summed E-state index contributed by atoms with van der Waals surface area (Å²) in [6.07, 6.45) is 6.84. The Kier molecular flexibility index (Phi) is 5.07. The van der Waals surface area contributed by atoms with E-state index in [0.717, 1.165) is 37.4 Å². The van der Waals surface area contributed by atoms with Crippen molar-refractivity contribution in [3.05, 3.63) is 77.5 Å². The highest BCUT2D eigenvalue weighted by Gasteiger charge is 2.24. The number of nitrogens with zero attached hydrogens (tertiary/aromatic N) is 3. The third-order valence-electron chi connectivity index (χ3n) is 5.07. The number of rotatable bonds is 6. The molecule has 6 heteroatoms. The number of hydrogen-bond donors (Lipinski definition) is 1. The first kappa shape index (κ1) is 17.5. The number of amides is 1. The fraction of sp³-hybridized carbons (Fsp3) is 0.333. The first-order valence-corrected chi connectivity index (χ1v) is 9.28. The van der Waals surface area contributed by atoms with Gasteiger partial charge in [0.15, 0.2) is 0 Å². The van der Waals surface area contributed by atoms with Crippen molar-refractivity contribution in [3.8, 4) is 0 Å². The Morgan fingerprint density at radius 3 is 3.04 bits per heavy atom. The molecule has 0 radical (unpaired) electrons. The lowest BCUT2D eigenvalue weighted by molar-refractivity contribution is 0.0948. The standard InChI is InChI=1S/C21H24N4O2/c1-24-14-19(11-23-24)18-7-8-25(15-18)13-16-4-2-5-17(10-16)21(26)22-12-20-6-3-9-27-20/h2-6,9-11,14,18H,7-8,12-13,15H2,1H3,(H,22,26). The van der Waals surface area contributed by atoms with E-state index >= 15 is 0 Å². The highest BCUT2D eigenvalue weighted by molar-refractivity contribution is 5.94. The summed E-state index contributed by atoms with van der Waals surface area (Å²) in [7, 11) is 1.96. The number of benzene rings is 1. The molecule has 27 heavy (non-hydrogen) atoms. The van der Waals surface area contributed by atoms with Crippen LogP contribution in [0.1, 0.15) is 39.6 Å². The van der Waals surface area contributed by atoms with E-state index in [0.29, 0.717) is 18.0 Å². The van der Waals surface area contributed by atoms with E-state index < -0.39 is 0 Å². The van der Waals surface area contributed by atoms with Gasteiger partial charge in [-0.15, -0.1) is 0 Å². The molecular formula is C21H24N4O2. The van der Waals surface area contributed by atoms with Crippen molar-refractivity contribution in [1.29, 1.82) is 0 Å². The lowest BCUT2D eigenvalue weighted by Gasteiger charge is -2.16. The van der Waals surface area contributed by atoms with Gasteiger partial charge in [-0.25, -0.2) is 0 Å². The van der Waals surface area contributed by atoms with Gasteiger partial charge in [-0.3, -0.25) is 14.4 Å². The number of hydrogen-bond acceptors (Lipinski definition) is 4. The molecule has 1 N–H and O–H groups in total. The molecule has 0 saturated carbocycles. The minimum Gasteiger partial charge on any atom is -0.467 e. The summed E-state index contributed by atoms with van der Waals surface area (Å²) in [5, 5.41) is 7.18. The molecule has 4 rings (SSSR count). The van der Waals surface area contributed by atoms with Crippen LogP contribution in [0.2, 0.25) is 0 Å². The number of carbonyl (C=O) groups excluding carboxylic acids is 1. The van der Waals surface area contributed by atoms with Gasteiger partial charge in [-0.2, -0.15) is 5.10 Å². The lowest BCUT2D eigenvalue weighted by Crippen LogP contribution is -2.23. The van der Waals surface area contributed by atoms with Crippen LogP contribution in [0.25, 0.3) is 0 Å². The second kappa shape index (κ2) is 7.80. The van der Waals surface area contributed by atoms with Crippen LogP contribution in [0, 0.1) is 0 Å². The maximum Gasteiger partial charge on any atom is 0.251 e. The van der Waals surface area contributed by atoms with E-state index in [-0.39, 0.29) is 5.91 Å². The molecule has 3 heterocycles. The molecule has 1 unspecified atom stereocenters. The zero-order valence-electron chi connectivity index (χ0n) is 15.5. The molecule has 1 aliphatic heterocycles. The van der Waals surface area contributed by atoms with E-state index in [1.165, 1.54) is 5.56 Å². The Bertz CT molecular complexity index is 901. The number of aromatic nitrogens is 2. The molecule has 0 spiro atoms. The van der Waals surface area contributed by atoms with E-state index in [2.05, 4.69) is 27.6 Å². The Morgan fingerprint density at radius 1 is 1.33 bits per heavy atom. The van der Waals surface area contributed by atoms with Crippen LogP contribution in [-0.2, 0) is 20.1 Å². The Hall–Kier alpha value is -2.86. The van der Waals surface area contributed by atoms with E-state index in [4.69, 9.17) is 4.42 Å². The van der Waals surface area contributed by atoms with Gasteiger partial charge < -0.3 is 9.73 Å². The SMILES string of the molecule is Cn1cc(C2CCN(Cc3cccc(C(=O)NCc4ccco4)c3)C2)cn1. The van der Waals surface area contributed by atoms with Crippen LogP contribution < -0.4 is 5.32 Å². The third-order valence-corrected chi connectivity index (χ3v) is 5.07. The highest BCUT2D eigenvalue weighted by Crippen LogP contribution is 2.27. The fourth-order valence-electron chi connectivity index (χ4n) is 3.65. The van der Waals surface area contributed by atoms with Gasteiger partial charge in [0.1, 0.15) is 5.76 Å². The molecule has 1 aromatic carbocycles. The number of furan rings is 1. The summed E-state index contributed by atoms with van der Waals surface area (Å²) >= 11 is 0. The van der Waals surface area contributed by atoms with Crippen LogP contribution in [-0.4, -0.2) is 33.7 Å². The molecule has 2 aromatic heterocycles. The molecule has 140 valence electrons. The maximum absolute atomic E-state index is 12.4. The average molecular weight is 364 g/mol. The minimum atomic E-state index is -0.0806. The van der Waals surface area contributed by atoms with Crippen molar-refractivity contribution in [3.63, 3.8) is 0 Å². The molecule has 1 aliphatic rings. The monoisotopic (exact) mass is 364 g/mol. The quantitative estimate of drug-likeness (QED) is 0.730. The van der Waals surface area contributed by atoms with Gasteiger partial charge >= 0.3 is 0 Å². The summed E-state index contributed by atoms with van der Waals surface area (Å²) in [5.74, 6) is 1.21. The molecule has 1 fully saturated rings. The fourth-order valence-corrected chi connectivity index (χ4v) is 3.65. The topological polar surface area (TPSA) is 63.3 Å². The molecular weight excluding hydrogens is 340 g/mol. The van der Waals surface area contributed by atoms with Crippen LogP contribution in [0.4, 0.5) is 0 Å². The molecule has 6 nitrogen and oxygen atoms in total. The zero-order chi connectivity index (χ0) is 18.6. The van der Waals surface area contributed by atoms with Gasteiger partial charge in [-0.1, -0.05) is 12.1 Å². The van der Waals surface area contributed by atoms with Gasteiger partial charge in [0.2, 0.25) is 0 Å². The summed E-state index contributed by atoms with van der Waals surface area (Å²) in [6.45, 7) is 3.35. The lowest BCUT2D eigenvalue weighted by atomic mass is 10.0. The van der Waals surface area contributed by atoms with E-state index in [1.54, 1.807) is 6.26 Å². The second-order valence-corrected chi connectivity index (χ2v) is 7.13. The van der Waals surface area contributed by atoms with Crippen LogP contribution in [0.15, 0.2) is 59.5 Å². The van der Waals surface area contributed by atoms with Gasteiger partial charge in [-0.05, 0) is 48.4 Å². The van der Waals surface area contributed by atoms with Gasteiger partial charge in [0, 0.05) is 37.8 Å². The number of likely N-dealkylation sites (tertiary alicyclic amines) is 1. The predicted molar refractivity (Wildman–Crippen MR) is 102 cm³/mol. The average Bonchev–Trinajstić information content (AvgIpc) is 3.42. The van der Waals surface area contributed by atoms with Gasteiger partial charge in [0.05, 0.1) is 19.0 Å².